The van der Waals surface area contributed by atoms with Crippen LogP contribution in [-0.2, 0) is 24.4 Å². The summed E-state index contributed by atoms with van der Waals surface area (Å²) in [6, 6.07) is 8.34. The number of hydrogen-bond acceptors (Lipinski definition) is 4. The van der Waals surface area contributed by atoms with Gasteiger partial charge in [0.05, 0.1) is 19.4 Å². The molecule has 0 aliphatic carbocycles. The Morgan fingerprint density at radius 2 is 2.08 bits per heavy atom. The zero-order chi connectivity index (χ0) is 17.6. The molecule has 1 fully saturated rings. The highest BCUT2D eigenvalue weighted by atomic mass is 16.5. The molecule has 2 aromatic rings. The Bertz CT molecular complexity index is 660. The summed E-state index contributed by atoms with van der Waals surface area (Å²) in [5, 5.41) is 4.49. The zero-order valence-electron chi connectivity index (χ0n) is 15.6. The number of hydrogen-bond donors (Lipinski definition) is 0. The number of methoxy groups -OCH3 is 1. The number of benzene rings is 1. The molecule has 0 amide bonds. The van der Waals surface area contributed by atoms with Gasteiger partial charge in [0.1, 0.15) is 5.75 Å². The van der Waals surface area contributed by atoms with Crippen molar-refractivity contribution in [2.24, 2.45) is 0 Å². The van der Waals surface area contributed by atoms with Crippen LogP contribution in [-0.4, -0.2) is 41.0 Å². The minimum atomic E-state index is 0.347. The van der Waals surface area contributed by atoms with Gasteiger partial charge in [0.2, 0.25) is 0 Å². The van der Waals surface area contributed by atoms with Gasteiger partial charge in [0.25, 0.3) is 0 Å². The smallest absolute Gasteiger partial charge is 0.118 e. The first-order valence-corrected chi connectivity index (χ1v) is 9.17. The minimum Gasteiger partial charge on any atom is -0.497 e. The minimum absolute atomic E-state index is 0.347. The molecule has 1 aliphatic rings. The van der Waals surface area contributed by atoms with Crippen LogP contribution in [0.25, 0.3) is 0 Å². The fourth-order valence-electron chi connectivity index (χ4n) is 3.45. The molecular formula is C20H29N3O2. The summed E-state index contributed by atoms with van der Waals surface area (Å²) in [5.74, 6) is 0.898. The van der Waals surface area contributed by atoms with Crippen molar-refractivity contribution in [2.75, 3.05) is 20.3 Å². The normalized spacial score (nSPS) is 17.4. The Kier molecular flexibility index (Phi) is 6.10. The second-order valence-electron chi connectivity index (χ2n) is 6.72. The third-order valence-corrected chi connectivity index (χ3v) is 4.95. The molecule has 1 atom stereocenters. The predicted molar refractivity (Wildman–Crippen MR) is 98.7 cm³/mol. The lowest BCUT2D eigenvalue weighted by molar-refractivity contribution is 0.0678. The maximum atomic E-state index is 5.87. The Balaban J connectivity index is 1.72. The molecule has 2 heterocycles. The van der Waals surface area contributed by atoms with Gasteiger partial charge in [0, 0.05) is 44.0 Å². The van der Waals surface area contributed by atoms with E-state index in [0.29, 0.717) is 6.10 Å². The van der Waals surface area contributed by atoms with Gasteiger partial charge in [-0.1, -0.05) is 12.1 Å². The van der Waals surface area contributed by atoms with E-state index in [1.807, 2.05) is 18.3 Å². The molecule has 1 unspecified atom stereocenters. The van der Waals surface area contributed by atoms with Crippen molar-refractivity contribution in [3.63, 3.8) is 0 Å². The third kappa shape index (κ3) is 4.61. The molecule has 0 spiro atoms. The molecule has 1 aromatic heterocycles. The average Bonchev–Trinajstić information content (AvgIpc) is 3.26. The van der Waals surface area contributed by atoms with Crippen molar-refractivity contribution in [1.29, 1.82) is 0 Å². The lowest BCUT2D eigenvalue weighted by Gasteiger charge is -2.25. The first-order valence-electron chi connectivity index (χ1n) is 9.17. The van der Waals surface area contributed by atoms with Gasteiger partial charge < -0.3 is 9.47 Å². The van der Waals surface area contributed by atoms with Crippen LogP contribution in [0.1, 0.15) is 36.6 Å². The SMILES string of the molecule is CCn1ncc(CN(Cc2ccc(OC)cc2)CC2CCCO2)c1C. The van der Waals surface area contributed by atoms with E-state index in [-0.39, 0.29) is 0 Å². The molecular weight excluding hydrogens is 314 g/mol. The van der Waals surface area contributed by atoms with E-state index in [4.69, 9.17) is 9.47 Å². The third-order valence-electron chi connectivity index (χ3n) is 4.95. The Morgan fingerprint density at radius 3 is 2.68 bits per heavy atom. The van der Waals surface area contributed by atoms with Crippen LogP contribution >= 0.6 is 0 Å². The van der Waals surface area contributed by atoms with Crippen molar-refractivity contribution in [1.82, 2.24) is 14.7 Å². The van der Waals surface area contributed by atoms with E-state index in [1.165, 1.54) is 23.2 Å². The van der Waals surface area contributed by atoms with Gasteiger partial charge in [-0.15, -0.1) is 0 Å². The molecule has 0 saturated carbocycles. The van der Waals surface area contributed by atoms with E-state index in [0.717, 1.165) is 45.0 Å². The number of rotatable bonds is 8. The number of nitrogens with zero attached hydrogens (tertiary/aromatic N) is 3. The van der Waals surface area contributed by atoms with E-state index >= 15 is 0 Å². The van der Waals surface area contributed by atoms with Gasteiger partial charge in [-0.05, 0) is 44.4 Å². The molecule has 136 valence electrons. The Hall–Kier alpha value is -1.85. The van der Waals surface area contributed by atoms with Crippen molar-refractivity contribution in [2.45, 2.75) is 52.4 Å². The predicted octanol–water partition coefficient (Wildman–Crippen LogP) is 3.40. The van der Waals surface area contributed by atoms with Crippen molar-refractivity contribution >= 4 is 0 Å². The van der Waals surface area contributed by atoms with Crippen LogP contribution in [0.2, 0.25) is 0 Å². The highest BCUT2D eigenvalue weighted by Gasteiger charge is 2.20. The van der Waals surface area contributed by atoms with Crippen molar-refractivity contribution in [3.8, 4) is 5.75 Å². The first kappa shape index (κ1) is 18.0. The van der Waals surface area contributed by atoms with Crippen LogP contribution in [0.15, 0.2) is 30.5 Å². The highest BCUT2D eigenvalue weighted by Crippen LogP contribution is 2.20. The largest absolute Gasteiger partial charge is 0.497 e. The highest BCUT2D eigenvalue weighted by molar-refractivity contribution is 5.27. The second kappa shape index (κ2) is 8.50. The molecule has 3 rings (SSSR count). The maximum absolute atomic E-state index is 5.87. The van der Waals surface area contributed by atoms with Crippen molar-refractivity contribution < 1.29 is 9.47 Å². The monoisotopic (exact) mass is 343 g/mol. The summed E-state index contributed by atoms with van der Waals surface area (Å²) in [4.78, 5) is 2.47. The Morgan fingerprint density at radius 1 is 1.28 bits per heavy atom. The summed E-state index contributed by atoms with van der Waals surface area (Å²) in [6.45, 7) is 8.86. The van der Waals surface area contributed by atoms with Crippen LogP contribution in [0, 0.1) is 6.92 Å². The molecule has 0 radical (unpaired) electrons. The lowest BCUT2D eigenvalue weighted by atomic mass is 10.1. The topological polar surface area (TPSA) is 39.5 Å². The molecule has 5 nitrogen and oxygen atoms in total. The van der Waals surface area contributed by atoms with Gasteiger partial charge in [-0.2, -0.15) is 5.10 Å². The van der Waals surface area contributed by atoms with Crippen LogP contribution in [0.3, 0.4) is 0 Å². The summed E-state index contributed by atoms with van der Waals surface area (Å²) >= 11 is 0. The molecule has 1 aromatic carbocycles. The molecule has 1 aliphatic heterocycles. The van der Waals surface area contributed by atoms with E-state index in [9.17, 15) is 0 Å². The van der Waals surface area contributed by atoms with Gasteiger partial charge >= 0.3 is 0 Å². The Labute approximate surface area is 150 Å². The molecule has 0 N–H and O–H groups in total. The van der Waals surface area contributed by atoms with Crippen molar-refractivity contribution in [3.05, 3.63) is 47.3 Å². The van der Waals surface area contributed by atoms with Gasteiger partial charge in [-0.25, -0.2) is 0 Å². The van der Waals surface area contributed by atoms with Crippen LogP contribution in [0.4, 0.5) is 0 Å². The summed E-state index contributed by atoms with van der Waals surface area (Å²) in [5.41, 5.74) is 3.85. The van der Waals surface area contributed by atoms with Crippen LogP contribution in [0.5, 0.6) is 5.75 Å². The number of aryl methyl sites for hydroxylation is 1. The molecule has 25 heavy (non-hydrogen) atoms. The number of ether oxygens (including phenoxy) is 2. The zero-order valence-corrected chi connectivity index (χ0v) is 15.6. The van der Waals surface area contributed by atoms with E-state index < -0.39 is 0 Å². The average molecular weight is 343 g/mol. The molecule has 0 bridgehead atoms. The first-order chi connectivity index (χ1) is 12.2. The fraction of sp³-hybridized carbons (Fsp3) is 0.550. The lowest BCUT2D eigenvalue weighted by Crippen LogP contribution is -2.31. The fourth-order valence-corrected chi connectivity index (χ4v) is 3.45. The molecule has 5 heteroatoms. The second-order valence-corrected chi connectivity index (χ2v) is 6.72. The van der Waals surface area contributed by atoms with Gasteiger partial charge in [-0.3, -0.25) is 9.58 Å². The van der Waals surface area contributed by atoms with E-state index in [2.05, 4.69) is 40.7 Å². The summed E-state index contributed by atoms with van der Waals surface area (Å²) in [6.07, 6.45) is 4.69. The quantitative estimate of drug-likeness (QED) is 0.736. The van der Waals surface area contributed by atoms with E-state index in [1.54, 1.807) is 7.11 Å². The summed E-state index contributed by atoms with van der Waals surface area (Å²) < 4.78 is 13.2. The standard InChI is InChI=1S/C20H29N3O2/c1-4-23-16(2)18(12-21-23)14-22(15-20-6-5-11-25-20)13-17-7-9-19(24-3)10-8-17/h7-10,12,20H,4-6,11,13-15H2,1-3H3. The maximum Gasteiger partial charge on any atom is 0.118 e. The van der Waals surface area contributed by atoms with Gasteiger partial charge in [0.15, 0.2) is 0 Å². The summed E-state index contributed by atoms with van der Waals surface area (Å²) in [7, 11) is 1.70. The number of aromatic nitrogens is 2. The molecule has 1 saturated heterocycles. The van der Waals surface area contributed by atoms with Crippen LogP contribution < -0.4 is 4.74 Å².